The lowest BCUT2D eigenvalue weighted by Crippen LogP contribution is -2.76. The van der Waals surface area contributed by atoms with E-state index in [1.54, 1.807) is 6.92 Å². The second-order valence-electron chi connectivity index (χ2n) is 7.96. The van der Waals surface area contributed by atoms with Crippen molar-refractivity contribution in [2.24, 2.45) is 5.73 Å². The minimum Gasteiger partial charge on any atom is -0.461 e. The molecule has 166 valence electrons. The van der Waals surface area contributed by atoms with Crippen LogP contribution in [0.15, 0.2) is 71.9 Å². The molecule has 1 saturated heterocycles. The van der Waals surface area contributed by atoms with Crippen LogP contribution >= 0.6 is 11.8 Å². The molecule has 2 N–H and O–H groups in total. The SMILES string of the molecule is CC(=O)OCC1=C(C(=O)OC(c2ccccc2)c2ccccc2)N2C(=O)[C@](C)(N)[C@H]2SC1. The Bertz CT molecular complexity index is 1030. The Kier molecular flexibility index (Phi) is 6.08. The summed E-state index contributed by atoms with van der Waals surface area (Å²) in [6.07, 6.45) is -0.666. The summed E-state index contributed by atoms with van der Waals surface area (Å²) in [6, 6.07) is 18.8. The van der Waals surface area contributed by atoms with E-state index in [-0.39, 0.29) is 23.6 Å². The van der Waals surface area contributed by atoms with Gasteiger partial charge in [-0.3, -0.25) is 14.5 Å². The maximum absolute atomic E-state index is 13.5. The Morgan fingerprint density at radius 1 is 1.12 bits per heavy atom. The fourth-order valence-corrected chi connectivity index (χ4v) is 5.22. The van der Waals surface area contributed by atoms with E-state index in [4.69, 9.17) is 15.2 Å². The first-order chi connectivity index (χ1) is 15.3. The summed E-state index contributed by atoms with van der Waals surface area (Å²) in [6.45, 7) is 2.86. The normalized spacial score (nSPS) is 22.3. The molecule has 2 heterocycles. The Morgan fingerprint density at radius 2 is 1.69 bits per heavy atom. The third kappa shape index (κ3) is 4.03. The molecule has 0 bridgehead atoms. The molecule has 0 unspecified atom stereocenters. The first kappa shape index (κ1) is 22.1. The molecule has 4 rings (SSSR count). The van der Waals surface area contributed by atoms with Crippen LogP contribution in [0.5, 0.6) is 0 Å². The van der Waals surface area contributed by atoms with Crippen molar-refractivity contribution in [3.05, 3.63) is 83.1 Å². The molecule has 2 atom stereocenters. The zero-order valence-corrected chi connectivity index (χ0v) is 18.6. The number of carbonyl (C=O) groups is 3. The minimum atomic E-state index is -1.07. The Balaban J connectivity index is 1.70. The summed E-state index contributed by atoms with van der Waals surface area (Å²) in [5, 5.41) is -0.384. The topological polar surface area (TPSA) is 98.9 Å². The highest BCUT2D eigenvalue weighted by molar-refractivity contribution is 8.00. The summed E-state index contributed by atoms with van der Waals surface area (Å²) < 4.78 is 11.1. The van der Waals surface area contributed by atoms with Crippen molar-refractivity contribution < 1.29 is 23.9 Å². The summed E-state index contributed by atoms with van der Waals surface area (Å²) in [5.41, 5.74) is 7.33. The average Bonchev–Trinajstić information content (AvgIpc) is 2.81. The van der Waals surface area contributed by atoms with Gasteiger partial charge in [0.15, 0.2) is 6.10 Å². The van der Waals surface area contributed by atoms with Crippen molar-refractivity contribution in [2.75, 3.05) is 12.4 Å². The van der Waals surface area contributed by atoms with E-state index < -0.39 is 23.6 Å². The number of esters is 2. The second kappa shape index (κ2) is 8.80. The van der Waals surface area contributed by atoms with Gasteiger partial charge >= 0.3 is 11.9 Å². The van der Waals surface area contributed by atoms with Gasteiger partial charge in [-0.15, -0.1) is 11.8 Å². The highest BCUT2D eigenvalue weighted by Gasteiger charge is 2.60. The Morgan fingerprint density at radius 3 is 2.22 bits per heavy atom. The number of benzene rings is 2. The molecule has 1 fully saturated rings. The van der Waals surface area contributed by atoms with Gasteiger partial charge in [-0.05, 0) is 18.1 Å². The monoisotopic (exact) mass is 452 g/mol. The van der Waals surface area contributed by atoms with Crippen molar-refractivity contribution in [3.63, 3.8) is 0 Å². The molecule has 0 saturated carbocycles. The fraction of sp³-hybridized carbons (Fsp3) is 0.292. The van der Waals surface area contributed by atoms with Crippen LogP contribution in [-0.2, 0) is 23.9 Å². The minimum absolute atomic E-state index is 0.0914. The van der Waals surface area contributed by atoms with Crippen LogP contribution in [0.3, 0.4) is 0 Å². The molecule has 2 aliphatic heterocycles. The number of carbonyl (C=O) groups excluding carboxylic acids is 3. The molecule has 0 aliphatic carbocycles. The van der Waals surface area contributed by atoms with Crippen molar-refractivity contribution in [2.45, 2.75) is 30.9 Å². The number of β-lactam (4-membered cyclic amide) rings is 1. The number of hydrogen-bond acceptors (Lipinski definition) is 7. The number of ether oxygens (including phenoxy) is 2. The van der Waals surface area contributed by atoms with E-state index in [1.165, 1.54) is 23.6 Å². The van der Waals surface area contributed by atoms with Crippen molar-refractivity contribution in [1.29, 1.82) is 0 Å². The molecule has 2 aliphatic rings. The van der Waals surface area contributed by atoms with Crippen molar-refractivity contribution in [1.82, 2.24) is 4.90 Å². The summed E-state index contributed by atoms with van der Waals surface area (Å²) >= 11 is 1.44. The lowest BCUT2D eigenvalue weighted by atomic mass is 9.89. The van der Waals surface area contributed by atoms with Crippen molar-refractivity contribution >= 4 is 29.6 Å². The largest absolute Gasteiger partial charge is 0.461 e. The number of hydrogen-bond donors (Lipinski definition) is 1. The second-order valence-corrected chi connectivity index (χ2v) is 9.03. The maximum Gasteiger partial charge on any atom is 0.356 e. The number of nitrogens with zero attached hydrogens (tertiary/aromatic N) is 1. The Labute approximate surface area is 190 Å². The van der Waals surface area contributed by atoms with Gasteiger partial charge in [-0.25, -0.2) is 4.79 Å². The van der Waals surface area contributed by atoms with Gasteiger partial charge in [0.1, 0.15) is 23.2 Å². The number of thioether (sulfide) groups is 1. The molecular formula is C24H24N2O5S. The third-order valence-electron chi connectivity index (χ3n) is 5.49. The van der Waals surface area contributed by atoms with Gasteiger partial charge in [-0.1, -0.05) is 60.7 Å². The van der Waals surface area contributed by atoms with Crippen LogP contribution in [0.4, 0.5) is 0 Å². The maximum atomic E-state index is 13.5. The van der Waals surface area contributed by atoms with E-state index in [2.05, 4.69) is 0 Å². The molecule has 2 aromatic rings. The predicted octanol–water partition coefficient (Wildman–Crippen LogP) is 2.77. The van der Waals surface area contributed by atoms with E-state index in [0.717, 1.165) is 11.1 Å². The Hall–Kier alpha value is -3.10. The van der Waals surface area contributed by atoms with E-state index in [1.807, 2.05) is 60.7 Å². The third-order valence-corrected chi connectivity index (χ3v) is 7.02. The van der Waals surface area contributed by atoms with Gasteiger partial charge < -0.3 is 15.2 Å². The molecule has 0 spiro atoms. The quantitative estimate of drug-likeness (QED) is 0.531. The average molecular weight is 453 g/mol. The number of fused-ring (bicyclic) bond motifs is 1. The van der Waals surface area contributed by atoms with Gasteiger partial charge in [0.25, 0.3) is 5.91 Å². The zero-order valence-electron chi connectivity index (χ0n) is 17.8. The number of amides is 1. The van der Waals surface area contributed by atoms with Crippen LogP contribution in [0, 0.1) is 0 Å². The van der Waals surface area contributed by atoms with Crippen LogP contribution in [0.1, 0.15) is 31.1 Å². The summed E-state index contributed by atoms with van der Waals surface area (Å²) in [5.74, 6) is -1.08. The first-order valence-corrected chi connectivity index (χ1v) is 11.3. The number of rotatable bonds is 6. The molecule has 0 radical (unpaired) electrons. The lowest BCUT2D eigenvalue weighted by molar-refractivity contribution is -0.157. The van der Waals surface area contributed by atoms with Crippen LogP contribution in [0.25, 0.3) is 0 Å². The van der Waals surface area contributed by atoms with Gasteiger partial charge in [0.05, 0.1) is 0 Å². The molecule has 1 amide bonds. The standard InChI is InChI=1S/C24H24N2O5S/c1-15(27)30-13-18-14-32-23-24(2,25)22(29)26(23)19(18)21(28)31-20(16-9-5-3-6-10-16)17-11-7-4-8-12-17/h3-12,20,23H,13-14,25H2,1-2H3/t23-,24+/m1/s1. The smallest absolute Gasteiger partial charge is 0.356 e. The van der Waals surface area contributed by atoms with Gasteiger partial charge in [0, 0.05) is 18.2 Å². The molecule has 8 heteroatoms. The van der Waals surface area contributed by atoms with Gasteiger partial charge in [0.2, 0.25) is 0 Å². The molecule has 2 aromatic carbocycles. The fourth-order valence-electron chi connectivity index (χ4n) is 3.85. The van der Waals surface area contributed by atoms with E-state index in [0.29, 0.717) is 11.3 Å². The van der Waals surface area contributed by atoms with Crippen LogP contribution in [-0.4, -0.2) is 46.0 Å². The van der Waals surface area contributed by atoms with Gasteiger partial charge in [-0.2, -0.15) is 0 Å². The van der Waals surface area contributed by atoms with Crippen LogP contribution in [0.2, 0.25) is 0 Å². The molecule has 7 nitrogen and oxygen atoms in total. The van der Waals surface area contributed by atoms with Crippen molar-refractivity contribution in [3.8, 4) is 0 Å². The lowest BCUT2D eigenvalue weighted by Gasteiger charge is -2.54. The van der Waals surface area contributed by atoms with Crippen LogP contribution < -0.4 is 5.73 Å². The highest BCUT2D eigenvalue weighted by atomic mass is 32.2. The number of nitrogens with two attached hydrogens (primary N) is 1. The zero-order chi connectivity index (χ0) is 22.9. The summed E-state index contributed by atoms with van der Waals surface area (Å²) in [4.78, 5) is 39.0. The molecular weight excluding hydrogens is 428 g/mol. The van der Waals surface area contributed by atoms with E-state index >= 15 is 0 Å². The molecule has 32 heavy (non-hydrogen) atoms. The first-order valence-electron chi connectivity index (χ1n) is 10.2. The predicted molar refractivity (Wildman–Crippen MR) is 120 cm³/mol. The van der Waals surface area contributed by atoms with E-state index in [9.17, 15) is 14.4 Å². The summed E-state index contributed by atoms with van der Waals surface area (Å²) in [7, 11) is 0. The highest BCUT2D eigenvalue weighted by Crippen LogP contribution is 2.45. The molecule has 0 aromatic heterocycles.